The second-order valence-corrected chi connectivity index (χ2v) is 14.6. The molecule has 3 unspecified atom stereocenters. The fourth-order valence-corrected chi connectivity index (χ4v) is 5.26. The Bertz CT molecular complexity index is 1320. The van der Waals surface area contributed by atoms with Crippen molar-refractivity contribution in [2.75, 3.05) is 6.54 Å². The van der Waals surface area contributed by atoms with Crippen molar-refractivity contribution in [2.24, 2.45) is 17.8 Å². The van der Waals surface area contributed by atoms with Gasteiger partial charge in [-0.3, -0.25) is 14.4 Å². The third-order valence-corrected chi connectivity index (χ3v) is 7.91. The van der Waals surface area contributed by atoms with Crippen LogP contribution in [0.5, 0.6) is 0 Å². The molecule has 0 spiro atoms. The van der Waals surface area contributed by atoms with Crippen LogP contribution in [0.1, 0.15) is 93.6 Å². The van der Waals surface area contributed by atoms with Crippen LogP contribution in [0, 0.1) is 17.8 Å². The van der Waals surface area contributed by atoms with Crippen molar-refractivity contribution in [1.29, 1.82) is 0 Å². The lowest BCUT2D eigenvalue weighted by Gasteiger charge is -2.30. The molecule has 0 radical (unpaired) electrons. The number of carbonyl (C=O) groups excluding carboxylic acids is 4. The zero-order chi connectivity index (χ0) is 35.3. The molecule has 4 amide bonds. The van der Waals surface area contributed by atoms with Gasteiger partial charge in [0.05, 0.1) is 18.6 Å². The highest BCUT2D eigenvalue weighted by molar-refractivity contribution is 5.93. The van der Waals surface area contributed by atoms with E-state index < -0.39 is 47.7 Å². The van der Waals surface area contributed by atoms with E-state index in [1.165, 1.54) is 0 Å². The first-order chi connectivity index (χ1) is 22.0. The van der Waals surface area contributed by atoms with Gasteiger partial charge >= 0.3 is 6.09 Å². The Hall–Kier alpha value is -3.66. The van der Waals surface area contributed by atoms with Crippen molar-refractivity contribution in [3.05, 3.63) is 48.0 Å². The van der Waals surface area contributed by atoms with Gasteiger partial charge in [0.15, 0.2) is 0 Å². The van der Waals surface area contributed by atoms with E-state index in [2.05, 4.69) is 21.3 Å². The topological polar surface area (TPSA) is 146 Å². The molecule has 0 saturated heterocycles. The fourth-order valence-electron chi connectivity index (χ4n) is 5.26. The lowest BCUT2D eigenvalue weighted by Crippen LogP contribution is -2.57. The molecule has 10 nitrogen and oxygen atoms in total. The maximum absolute atomic E-state index is 13.9. The number of aliphatic hydroxyl groups excluding tert-OH is 1. The third kappa shape index (κ3) is 14.3. The molecule has 5 atom stereocenters. The predicted octanol–water partition coefficient (Wildman–Crippen LogP) is 5.25. The van der Waals surface area contributed by atoms with Crippen LogP contribution in [0.15, 0.2) is 42.5 Å². The number of amides is 4. The van der Waals surface area contributed by atoms with Gasteiger partial charge in [-0.05, 0) is 67.7 Å². The Labute approximate surface area is 281 Å². The highest BCUT2D eigenvalue weighted by Gasteiger charge is 2.32. The van der Waals surface area contributed by atoms with Crippen molar-refractivity contribution in [3.63, 3.8) is 0 Å². The van der Waals surface area contributed by atoms with Crippen LogP contribution in [0.25, 0.3) is 10.8 Å². The van der Waals surface area contributed by atoms with Gasteiger partial charge in [0.1, 0.15) is 17.7 Å². The van der Waals surface area contributed by atoms with Crippen LogP contribution in [-0.4, -0.2) is 65.3 Å². The number of alkyl carbamates (subject to hydrolysis) is 1. The van der Waals surface area contributed by atoms with Gasteiger partial charge in [-0.2, -0.15) is 0 Å². The van der Waals surface area contributed by atoms with Crippen LogP contribution < -0.4 is 21.3 Å². The van der Waals surface area contributed by atoms with E-state index in [4.69, 9.17) is 4.74 Å². The van der Waals surface area contributed by atoms with Gasteiger partial charge in [-0.15, -0.1) is 0 Å². The summed E-state index contributed by atoms with van der Waals surface area (Å²) in [5.41, 5.74) is 0.0815. The summed E-state index contributed by atoms with van der Waals surface area (Å²) < 4.78 is 5.48. The maximum atomic E-state index is 13.9. The Balaban J connectivity index is 2.30. The SMILES string of the molecule is CCC(C)CNC(=O)CC(O)C(CC(C)C)NC(=O)[C@H](CC(C)C)NC(=O)[C@H](Cc1cccc2ccccc12)NC(=O)OC(C)(C)C. The number of aliphatic hydroxyl groups is 1. The lowest BCUT2D eigenvalue weighted by atomic mass is 9.95. The van der Waals surface area contributed by atoms with Crippen LogP contribution in [-0.2, 0) is 25.5 Å². The summed E-state index contributed by atoms with van der Waals surface area (Å²) in [5, 5.41) is 24.4. The molecule has 0 bridgehead atoms. The van der Waals surface area contributed by atoms with Gasteiger partial charge in [0, 0.05) is 13.0 Å². The van der Waals surface area contributed by atoms with E-state index in [1.54, 1.807) is 20.8 Å². The molecule has 2 aromatic carbocycles. The summed E-state index contributed by atoms with van der Waals surface area (Å²) in [6, 6.07) is 10.9. The van der Waals surface area contributed by atoms with Crippen LogP contribution in [0.2, 0.25) is 0 Å². The summed E-state index contributed by atoms with van der Waals surface area (Å²) in [6.07, 6.45) is -0.141. The molecular formula is C37H58N4O6. The summed E-state index contributed by atoms with van der Waals surface area (Å²) in [6.45, 7) is 17.7. The largest absolute Gasteiger partial charge is 0.444 e. The highest BCUT2D eigenvalue weighted by atomic mass is 16.6. The van der Waals surface area contributed by atoms with Crippen molar-refractivity contribution in [2.45, 2.75) is 124 Å². The maximum Gasteiger partial charge on any atom is 0.408 e. The van der Waals surface area contributed by atoms with Crippen molar-refractivity contribution < 1.29 is 29.0 Å². The first-order valence-corrected chi connectivity index (χ1v) is 17.0. The average Bonchev–Trinajstić information content (AvgIpc) is 2.97. The van der Waals surface area contributed by atoms with Gasteiger partial charge in [-0.25, -0.2) is 4.79 Å². The lowest BCUT2D eigenvalue weighted by molar-refractivity contribution is -0.131. The van der Waals surface area contributed by atoms with Crippen LogP contribution in [0.3, 0.4) is 0 Å². The van der Waals surface area contributed by atoms with E-state index in [0.29, 0.717) is 25.3 Å². The zero-order valence-electron chi connectivity index (χ0n) is 29.8. The molecule has 0 aliphatic rings. The molecule has 0 heterocycles. The minimum Gasteiger partial charge on any atom is -0.444 e. The van der Waals surface area contributed by atoms with E-state index in [-0.39, 0.29) is 30.6 Å². The molecule has 47 heavy (non-hydrogen) atoms. The van der Waals surface area contributed by atoms with Crippen molar-refractivity contribution in [3.8, 4) is 0 Å². The molecular weight excluding hydrogens is 596 g/mol. The number of ether oxygens (including phenoxy) is 1. The van der Waals surface area contributed by atoms with Crippen molar-refractivity contribution in [1.82, 2.24) is 21.3 Å². The molecule has 2 rings (SSSR count). The fraction of sp³-hybridized carbons (Fsp3) is 0.622. The van der Waals surface area contributed by atoms with Gasteiger partial charge < -0.3 is 31.1 Å². The van der Waals surface area contributed by atoms with Crippen LogP contribution >= 0.6 is 0 Å². The van der Waals surface area contributed by atoms with Crippen LogP contribution in [0.4, 0.5) is 4.79 Å². The minimum atomic E-state index is -1.11. The molecule has 0 aliphatic carbocycles. The zero-order valence-corrected chi connectivity index (χ0v) is 29.8. The quantitative estimate of drug-likeness (QED) is 0.158. The number of benzene rings is 2. The van der Waals surface area contributed by atoms with E-state index >= 15 is 0 Å². The third-order valence-electron chi connectivity index (χ3n) is 7.91. The Morgan fingerprint density at radius 2 is 1.43 bits per heavy atom. The summed E-state index contributed by atoms with van der Waals surface area (Å²) >= 11 is 0. The first kappa shape index (κ1) is 39.5. The Morgan fingerprint density at radius 3 is 2.04 bits per heavy atom. The number of nitrogens with one attached hydrogen (secondary N) is 4. The number of fused-ring (bicyclic) bond motifs is 1. The molecule has 0 aromatic heterocycles. The minimum absolute atomic E-state index is 0.0428. The number of hydrogen-bond donors (Lipinski definition) is 5. The predicted molar refractivity (Wildman–Crippen MR) is 187 cm³/mol. The summed E-state index contributed by atoms with van der Waals surface area (Å²) in [4.78, 5) is 53.1. The highest BCUT2D eigenvalue weighted by Crippen LogP contribution is 2.21. The van der Waals surface area contributed by atoms with E-state index in [0.717, 1.165) is 22.8 Å². The Kier molecular flexibility index (Phi) is 15.7. The molecule has 5 N–H and O–H groups in total. The normalized spacial score (nSPS) is 15.0. The molecule has 0 aliphatic heterocycles. The number of carbonyl (C=O) groups is 4. The standard InChI is InChI=1S/C37H58N4O6/c1-10-25(6)22-38-33(43)21-32(42)29(18-23(2)3)39-34(44)30(19-24(4)5)40-35(45)31(41-36(46)47-37(7,8)9)20-27-16-13-15-26-14-11-12-17-28(26)27/h11-17,23-25,29-32,42H,10,18-22H2,1-9H3,(H,38,43)(H,39,44)(H,40,45)(H,41,46)/t25?,29?,30-,31-,32?/m0/s1. The van der Waals surface area contributed by atoms with Gasteiger partial charge in [0.25, 0.3) is 0 Å². The number of rotatable bonds is 17. The van der Waals surface area contributed by atoms with E-state index in [1.807, 2.05) is 84.0 Å². The number of hydrogen-bond acceptors (Lipinski definition) is 6. The summed E-state index contributed by atoms with van der Waals surface area (Å²) in [5.74, 6) is -0.789. The molecule has 2 aromatic rings. The molecule has 0 saturated carbocycles. The smallest absolute Gasteiger partial charge is 0.408 e. The van der Waals surface area contributed by atoms with E-state index in [9.17, 15) is 24.3 Å². The molecule has 0 fully saturated rings. The van der Waals surface area contributed by atoms with Gasteiger partial charge in [-0.1, -0.05) is 90.4 Å². The first-order valence-electron chi connectivity index (χ1n) is 17.0. The van der Waals surface area contributed by atoms with Crippen molar-refractivity contribution >= 4 is 34.6 Å². The molecule has 262 valence electrons. The second kappa shape index (κ2) is 18.6. The molecule has 10 heteroatoms. The Morgan fingerprint density at radius 1 is 0.809 bits per heavy atom. The average molecular weight is 655 g/mol. The summed E-state index contributed by atoms with van der Waals surface area (Å²) in [7, 11) is 0. The van der Waals surface area contributed by atoms with Gasteiger partial charge in [0.2, 0.25) is 17.7 Å². The second-order valence-electron chi connectivity index (χ2n) is 14.6. The monoisotopic (exact) mass is 654 g/mol.